The molecule has 0 radical (unpaired) electrons. The lowest BCUT2D eigenvalue weighted by Crippen LogP contribution is -2.38. The van der Waals surface area contributed by atoms with Gasteiger partial charge in [-0.1, -0.05) is 0 Å². The van der Waals surface area contributed by atoms with Crippen molar-refractivity contribution in [2.45, 2.75) is 19.4 Å². The van der Waals surface area contributed by atoms with Gasteiger partial charge in [0.25, 0.3) is 0 Å². The standard InChI is InChI=1S/C17H19NO6/c1-10-6-11-7-12(4-5-14(11)24-10)18-9-23-8-13(16(19)21-2)15(18)17(20)22-3/h4-5,7,10H,6,8-9H2,1-3H3. The average molecular weight is 333 g/mol. The fourth-order valence-corrected chi connectivity index (χ4v) is 2.92. The number of anilines is 1. The first-order valence-electron chi connectivity index (χ1n) is 7.59. The number of ether oxygens (including phenoxy) is 4. The van der Waals surface area contributed by atoms with E-state index < -0.39 is 11.9 Å². The Bertz CT molecular complexity index is 711. The number of carbonyl (C=O) groups is 2. The first-order valence-corrected chi connectivity index (χ1v) is 7.59. The average Bonchev–Trinajstić information content (AvgIpc) is 2.98. The number of nitrogens with zero attached hydrogens (tertiary/aromatic N) is 1. The molecule has 1 atom stereocenters. The van der Waals surface area contributed by atoms with Crippen molar-refractivity contribution in [2.75, 3.05) is 32.5 Å². The number of benzene rings is 1. The van der Waals surface area contributed by atoms with Gasteiger partial charge in [0.05, 0.1) is 26.4 Å². The normalized spacial score (nSPS) is 19.6. The van der Waals surface area contributed by atoms with Gasteiger partial charge in [0.15, 0.2) is 0 Å². The molecule has 0 spiro atoms. The Hall–Kier alpha value is -2.54. The number of hydrogen-bond donors (Lipinski definition) is 0. The Morgan fingerprint density at radius 1 is 1.21 bits per heavy atom. The molecule has 2 aliphatic heterocycles. The zero-order chi connectivity index (χ0) is 17.3. The molecule has 0 aliphatic carbocycles. The van der Waals surface area contributed by atoms with E-state index in [1.807, 2.05) is 25.1 Å². The van der Waals surface area contributed by atoms with Crippen LogP contribution in [-0.2, 0) is 30.2 Å². The van der Waals surface area contributed by atoms with Crippen LogP contribution in [0.25, 0.3) is 0 Å². The molecule has 24 heavy (non-hydrogen) atoms. The Balaban J connectivity index is 2.04. The summed E-state index contributed by atoms with van der Waals surface area (Å²) < 4.78 is 20.8. The maximum atomic E-state index is 12.3. The topological polar surface area (TPSA) is 74.3 Å². The largest absolute Gasteiger partial charge is 0.490 e. The zero-order valence-electron chi connectivity index (χ0n) is 13.8. The first kappa shape index (κ1) is 16.3. The fourth-order valence-electron chi connectivity index (χ4n) is 2.92. The predicted octanol–water partition coefficient (Wildman–Crippen LogP) is 1.40. The maximum Gasteiger partial charge on any atom is 0.355 e. The van der Waals surface area contributed by atoms with E-state index in [4.69, 9.17) is 18.9 Å². The molecule has 3 rings (SSSR count). The van der Waals surface area contributed by atoms with Gasteiger partial charge in [-0.05, 0) is 30.7 Å². The molecule has 0 saturated carbocycles. The Kier molecular flexibility index (Phi) is 4.44. The monoisotopic (exact) mass is 333 g/mol. The van der Waals surface area contributed by atoms with Crippen LogP contribution in [0.4, 0.5) is 5.69 Å². The van der Waals surface area contributed by atoms with Crippen molar-refractivity contribution < 1.29 is 28.5 Å². The van der Waals surface area contributed by atoms with Crippen LogP contribution < -0.4 is 9.64 Å². The number of hydrogen-bond acceptors (Lipinski definition) is 7. The van der Waals surface area contributed by atoms with Gasteiger partial charge in [-0.15, -0.1) is 0 Å². The number of carbonyl (C=O) groups excluding carboxylic acids is 2. The van der Waals surface area contributed by atoms with Gasteiger partial charge < -0.3 is 23.8 Å². The Labute approximate surface area is 139 Å². The molecule has 0 aromatic heterocycles. The molecular weight excluding hydrogens is 314 g/mol. The van der Waals surface area contributed by atoms with E-state index in [1.54, 1.807) is 4.90 Å². The predicted molar refractivity (Wildman–Crippen MR) is 84.6 cm³/mol. The summed E-state index contributed by atoms with van der Waals surface area (Å²) in [6, 6.07) is 5.62. The highest BCUT2D eigenvalue weighted by Gasteiger charge is 2.33. The van der Waals surface area contributed by atoms with Crippen LogP contribution in [0.2, 0.25) is 0 Å². The SMILES string of the molecule is COC(=O)C1=C(C(=O)OC)N(c2ccc3c(c2)CC(C)O3)COC1. The second kappa shape index (κ2) is 6.52. The molecule has 0 bridgehead atoms. The van der Waals surface area contributed by atoms with Gasteiger partial charge in [-0.3, -0.25) is 0 Å². The summed E-state index contributed by atoms with van der Waals surface area (Å²) in [5.41, 5.74) is 2.06. The van der Waals surface area contributed by atoms with Gasteiger partial charge in [0.2, 0.25) is 0 Å². The van der Waals surface area contributed by atoms with Crippen LogP contribution in [0, 0.1) is 0 Å². The molecule has 2 aliphatic rings. The van der Waals surface area contributed by atoms with E-state index in [1.165, 1.54) is 14.2 Å². The zero-order valence-corrected chi connectivity index (χ0v) is 13.8. The van der Waals surface area contributed by atoms with Gasteiger partial charge in [0, 0.05) is 12.1 Å². The van der Waals surface area contributed by atoms with Crippen molar-refractivity contribution in [3.63, 3.8) is 0 Å². The third-order valence-electron chi connectivity index (χ3n) is 4.02. The van der Waals surface area contributed by atoms with Crippen LogP contribution in [0.15, 0.2) is 29.5 Å². The third-order valence-corrected chi connectivity index (χ3v) is 4.02. The first-order chi connectivity index (χ1) is 11.5. The number of rotatable bonds is 3. The van der Waals surface area contributed by atoms with E-state index >= 15 is 0 Å². The van der Waals surface area contributed by atoms with E-state index in [0.717, 1.165) is 23.4 Å². The fraction of sp³-hybridized carbons (Fsp3) is 0.412. The van der Waals surface area contributed by atoms with Gasteiger partial charge in [-0.2, -0.15) is 0 Å². The summed E-state index contributed by atoms with van der Waals surface area (Å²) in [5.74, 6) is -0.386. The van der Waals surface area contributed by atoms with Crippen molar-refractivity contribution in [1.29, 1.82) is 0 Å². The number of fused-ring (bicyclic) bond motifs is 1. The quantitative estimate of drug-likeness (QED) is 0.774. The summed E-state index contributed by atoms with van der Waals surface area (Å²) in [7, 11) is 2.54. The van der Waals surface area contributed by atoms with Crippen molar-refractivity contribution in [2.24, 2.45) is 0 Å². The van der Waals surface area contributed by atoms with Crippen LogP contribution in [0.1, 0.15) is 12.5 Å². The highest BCUT2D eigenvalue weighted by molar-refractivity contribution is 6.03. The molecule has 7 heteroatoms. The smallest absolute Gasteiger partial charge is 0.355 e. The Morgan fingerprint density at radius 2 is 1.96 bits per heavy atom. The maximum absolute atomic E-state index is 12.3. The van der Waals surface area contributed by atoms with Crippen molar-refractivity contribution in [3.05, 3.63) is 35.0 Å². The molecule has 0 saturated heterocycles. The molecule has 128 valence electrons. The second-order valence-corrected chi connectivity index (χ2v) is 5.64. The van der Waals surface area contributed by atoms with Crippen LogP contribution in [-0.4, -0.2) is 45.6 Å². The molecule has 0 amide bonds. The van der Waals surface area contributed by atoms with Gasteiger partial charge >= 0.3 is 11.9 Å². The van der Waals surface area contributed by atoms with Crippen LogP contribution in [0.5, 0.6) is 5.75 Å². The van der Waals surface area contributed by atoms with Crippen LogP contribution in [0.3, 0.4) is 0 Å². The molecule has 1 aromatic carbocycles. The Morgan fingerprint density at radius 3 is 2.67 bits per heavy atom. The van der Waals surface area contributed by atoms with Gasteiger partial charge in [0.1, 0.15) is 24.3 Å². The van der Waals surface area contributed by atoms with E-state index in [0.29, 0.717) is 0 Å². The lowest BCUT2D eigenvalue weighted by atomic mass is 10.1. The minimum Gasteiger partial charge on any atom is -0.490 e. The minimum atomic E-state index is -0.613. The highest BCUT2D eigenvalue weighted by Crippen LogP contribution is 2.34. The molecule has 7 nitrogen and oxygen atoms in total. The summed E-state index contributed by atoms with van der Waals surface area (Å²) in [6.45, 7) is 2.14. The summed E-state index contributed by atoms with van der Waals surface area (Å²) in [5, 5.41) is 0. The van der Waals surface area contributed by atoms with Gasteiger partial charge in [-0.25, -0.2) is 9.59 Å². The molecule has 2 heterocycles. The third kappa shape index (κ3) is 2.82. The molecule has 0 N–H and O–H groups in total. The summed E-state index contributed by atoms with van der Waals surface area (Å²) in [6.07, 6.45) is 0.910. The second-order valence-electron chi connectivity index (χ2n) is 5.64. The molecular formula is C17H19NO6. The lowest BCUT2D eigenvalue weighted by Gasteiger charge is -2.31. The minimum absolute atomic E-state index is 0.00130. The van der Waals surface area contributed by atoms with Crippen LogP contribution >= 0.6 is 0 Å². The molecule has 0 fully saturated rings. The number of methoxy groups -OCH3 is 2. The molecule has 1 aromatic rings. The lowest BCUT2D eigenvalue weighted by molar-refractivity contribution is -0.140. The van der Waals surface area contributed by atoms with Crippen molar-refractivity contribution in [3.8, 4) is 5.75 Å². The van der Waals surface area contributed by atoms with E-state index in [9.17, 15) is 9.59 Å². The van der Waals surface area contributed by atoms with E-state index in [-0.39, 0.29) is 30.7 Å². The highest BCUT2D eigenvalue weighted by atomic mass is 16.5. The summed E-state index contributed by atoms with van der Waals surface area (Å²) >= 11 is 0. The van der Waals surface area contributed by atoms with Crippen molar-refractivity contribution >= 4 is 17.6 Å². The van der Waals surface area contributed by atoms with Crippen molar-refractivity contribution in [1.82, 2.24) is 0 Å². The summed E-state index contributed by atoms with van der Waals surface area (Å²) in [4.78, 5) is 25.9. The molecule has 1 unspecified atom stereocenters. The number of esters is 2. The van der Waals surface area contributed by atoms with E-state index in [2.05, 4.69) is 0 Å².